The molecule has 2 unspecified atom stereocenters. The van der Waals surface area contributed by atoms with Crippen molar-refractivity contribution in [2.45, 2.75) is 49.9 Å². The lowest BCUT2D eigenvalue weighted by Crippen LogP contribution is -2.63. The van der Waals surface area contributed by atoms with Gasteiger partial charge in [-0.15, -0.1) is 0 Å². The quantitative estimate of drug-likeness (QED) is 0.929. The number of halogens is 2. The van der Waals surface area contributed by atoms with Gasteiger partial charge in [0.15, 0.2) is 0 Å². The summed E-state index contributed by atoms with van der Waals surface area (Å²) >= 11 is 0. The normalized spacial score (nSPS) is 27.4. The van der Waals surface area contributed by atoms with Crippen molar-refractivity contribution in [1.29, 1.82) is 0 Å². The number of rotatable bonds is 3. The van der Waals surface area contributed by atoms with Crippen LogP contribution in [-0.4, -0.2) is 46.7 Å². The lowest BCUT2D eigenvalue weighted by molar-refractivity contribution is -0.229. The summed E-state index contributed by atoms with van der Waals surface area (Å²) < 4.78 is 34.7. The van der Waals surface area contributed by atoms with Crippen LogP contribution in [0.3, 0.4) is 0 Å². The van der Waals surface area contributed by atoms with Gasteiger partial charge in [0, 0.05) is 6.54 Å². The van der Waals surface area contributed by atoms with Gasteiger partial charge in [-0.3, -0.25) is 4.79 Å². The summed E-state index contributed by atoms with van der Waals surface area (Å²) in [6, 6.07) is 8.45. The molecular weight excluding hydrogens is 304 g/mol. The van der Waals surface area contributed by atoms with Crippen LogP contribution >= 0.6 is 0 Å². The van der Waals surface area contributed by atoms with Gasteiger partial charge in [-0.25, -0.2) is 0 Å². The molecule has 1 aliphatic heterocycles. The highest BCUT2D eigenvalue weighted by molar-refractivity contribution is 5.85. The van der Waals surface area contributed by atoms with E-state index in [0.29, 0.717) is 6.42 Å². The van der Waals surface area contributed by atoms with Crippen LogP contribution in [0.5, 0.6) is 0 Å². The van der Waals surface area contributed by atoms with Crippen molar-refractivity contribution < 1.29 is 23.4 Å². The fourth-order valence-corrected chi connectivity index (χ4v) is 3.18. The minimum atomic E-state index is -3.77. The molecule has 126 valence electrons. The van der Waals surface area contributed by atoms with Gasteiger partial charge in [0.2, 0.25) is 0 Å². The number of amides is 1. The second-order valence-electron chi connectivity index (χ2n) is 6.49. The Kier molecular flexibility index (Phi) is 4.14. The fourth-order valence-electron chi connectivity index (χ4n) is 3.18. The highest BCUT2D eigenvalue weighted by atomic mass is 19.3. The van der Waals surface area contributed by atoms with Crippen molar-refractivity contribution >= 4 is 5.91 Å². The van der Waals surface area contributed by atoms with E-state index in [1.807, 2.05) is 6.07 Å². The van der Waals surface area contributed by atoms with Crippen LogP contribution in [0.1, 0.15) is 37.8 Å². The Morgan fingerprint density at radius 2 is 2.00 bits per heavy atom. The van der Waals surface area contributed by atoms with E-state index in [2.05, 4.69) is 0 Å². The third kappa shape index (κ3) is 2.74. The summed E-state index contributed by atoms with van der Waals surface area (Å²) in [5.74, 6) is -5.07. The minimum absolute atomic E-state index is 0.0400. The van der Waals surface area contributed by atoms with E-state index in [9.17, 15) is 18.7 Å². The SMILES string of the molecule is CC1CN(C(=O)C(F)(F)C2(O)CCC2)C(c2ccccc2)CO1. The molecule has 1 aromatic carbocycles. The second-order valence-corrected chi connectivity index (χ2v) is 6.49. The molecule has 2 aliphatic rings. The Labute approximate surface area is 134 Å². The Hall–Kier alpha value is -1.53. The lowest BCUT2D eigenvalue weighted by atomic mass is 9.74. The average molecular weight is 325 g/mol. The monoisotopic (exact) mass is 325 g/mol. The highest BCUT2D eigenvalue weighted by Crippen LogP contribution is 2.46. The van der Waals surface area contributed by atoms with Crippen molar-refractivity contribution in [3.8, 4) is 0 Å². The molecule has 1 amide bonds. The summed E-state index contributed by atoms with van der Waals surface area (Å²) in [6.45, 7) is 2.01. The first-order valence-electron chi connectivity index (χ1n) is 7.93. The Morgan fingerprint density at radius 3 is 2.57 bits per heavy atom. The zero-order valence-electron chi connectivity index (χ0n) is 13.0. The van der Waals surface area contributed by atoms with Crippen molar-refractivity contribution in [2.24, 2.45) is 0 Å². The first-order valence-corrected chi connectivity index (χ1v) is 7.93. The molecule has 2 fully saturated rings. The molecule has 0 aromatic heterocycles. The third-order valence-corrected chi connectivity index (χ3v) is 4.85. The van der Waals surface area contributed by atoms with Gasteiger partial charge in [-0.05, 0) is 31.7 Å². The molecule has 1 aliphatic carbocycles. The third-order valence-electron chi connectivity index (χ3n) is 4.85. The van der Waals surface area contributed by atoms with Gasteiger partial charge in [-0.2, -0.15) is 8.78 Å². The number of nitrogens with zero attached hydrogens (tertiary/aromatic N) is 1. The maximum Gasteiger partial charge on any atom is 0.352 e. The average Bonchev–Trinajstić information content (AvgIpc) is 2.52. The number of benzene rings is 1. The van der Waals surface area contributed by atoms with Gasteiger partial charge in [0.1, 0.15) is 5.60 Å². The van der Waals surface area contributed by atoms with E-state index in [-0.39, 0.29) is 32.1 Å². The molecule has 1 heterocycles. The smallest absolute Gasteiger partial charge is 0.352 e. The van der Waals surface area contributed by atoms with E-state index in [4.69, 9.17) is 4.74 Å². The van der Waals surface area contributed by atoms with Gasteiger partial charge < -0.3 is 14.7 Å². The zero-order valence-corrected chi connectivity index (χ0v) is 13.0. The first-order chi connectivity index (χ1) is 10.8. The molecule has 1 saturated heterocycles. The lowest BCUT2D eigenvalue weighted by Gasteiger charge is -2.46. The number of carbonyl (C=O) groups is 1. The molecule has 1 saturated carbocycles. The second kappa shape index (κ2) is 5.83. The molecule has 0 radical (unpaired) electrons. The van der Waals surface area contributed by atoms with E-state index in [0.717, 1.165) is 5.56 Å². The largest absolute Gasteiger partial charge is 0.383 e. The van der Waals surface area contributed by atoms with Crippen molar-refractivity contribution in [3.63, 3.8) is 0 Å². The van der Waals surface area contributed by atoms with Crippen LogP contribution in [0.4, 0.5) is 8.78 Å². The van der Waals surface area contributed by atoms with Gasteiger partial charge in [0.25, 0.3) is 5.91 Å². The molecule has 0 spiro atoms. The minimum Gasteiger partial charge on any atom is -0.383 e. The summed E-state index contributed by atoms with van der Waals surface area (Å²) in [5, 5.41) is 10.0. The van der Waals surface area contributed by atoms with Crippen molar-refractivity contribution in [2.75, 3.05) is 13.2 Å². The predicted molar refractivity (Wildman–Crippen MR) is 80.1 cm³/mol. The number of hydrogen-bond acceptors (Lipinski definition) is 3. The van der Waals surface area contributed by atoms with Crippen LogP contribution in [0.2, 0.25) is 0 Å². The Bertz CT molecular complexity index is 574. The molecule has 6 heteroatoms. The van der Waals surface area contributed by atoms with E-state index >= 15 is 0 Å². The number of alkyl halides is 2. The van der Waals surface area contributed by atoms with Gasteiger partial charge >= 0.3 is 5.92 Å². The summed E-state index contributed by atoms with van der Waals surface area (Å²) in [4.78, 5) is 13.7. The standard InChI is InChI=1S/C17H21F2NO3/c1-12-10-20(14(11-23-12)13-6-3-2-4-7-13)15(21)17(18,19)16(22)8-5-9-16/h2-4,6-7,12,14,22H,5,8-11H2,1H3. The van der Waals surface area contributed by atoms with Crippen LogP contribution in [0, 0.1) is 0 Å². The maximum atomic E-state index is 14.6. The molecule has 4 nitrogen and oxygen atoms in total. The number of morpholine rings is 1. The highest BCUT2D eigenvalue weighted by Gasteiger charge is 2.63. The molecule has 3 rings (SSSR count). The number of ether oxygens (including phenoxy) is 1. The molecule has 0 bridgehead atoms. The van der Waals surface area contributed by atoms with Crippen molar-refractivity contribution in [3.05, 3.63) is 35.9 Å². The molecular formula is C17H21F2NO3. The van der Waals surface area contributed by atoms with Crippen LogP contribution in [-0.2, 0) is 9.53 Å². The molecule has 23 heavy (non-hydrogen) atoms. The molecule has 2 atom stereocenters. The van der Waals surface area contributed by atoms with Crippen LogP contribution in [0.15, 0.2) is 30.3 Å². The van der Waals surface area contributed by atoms with Gasteiger partial charge in [-0.1, -0.05) is 30.3 Å². The first kappa shape index (κ1) is 16.3. The number of carbonyl (C=O) groups excluding carboxylic acids is 1. The van der Waals surface area contributed by atoms with E-state index < -0.39 is 23.5 Å². The predicted octanol–water partition coefficient (Wildman–Crippen LogP) is 2.53. The van der Waals surface area contributed by atoms with E-state index in [1.54, 1.807) is 31.2 Å². The topological polar surface area (TPSA) is 49.8 Å². The zero-order chi connectivity index (χ0) is 16.7. The van der Waals surface area contributed by atoms with Crippen LogP contribution in [0.25, 0.3) is 0 Å². The summed E-state index contributed by atoms with van der Waals surface area (Å²) in [7, 11) is 0. The Balaban J connectivity index is 1.88. The molecule has 1 aromatic rings. The van der Waals surface area contributed by atoms with Crippen molar-refractivity contribution in [1.82, 2.24) is 4.90 Å². The number of hydrogen-bond donors (Lipinski definition) is 1. The fraction of sp³-hybridized carbons (Fsp3) is 0.588. The summed E-state index contributed by atoms with van der Waals surface area (Å²) in [5.41, 5.74) is -1.45. The van der Waals surface area contributed by atoms with Crippen LogP contribution < -0.4 is 0 Å². The maximum absolute atomic E-state index is 14.6. The molecule has 1 N–H and O–H groups in total. The van der Waals surface area contributed by atoms with Gasteiger partial charge in [0.05, 0.1) is 18.8 Å². The summed E-state index contributed by atoms with van der Waals surface area (Å²) in [6.07, 6.45) is 0.121. The van der Waals surface area contributed by atoms with E-state index in [1.165, 1.54) is 4.90 Å². The number of aliphatic hydroxyl groups is 1. The Morgan fingerprint density at radius 1 is 1.35 bits per heavy atom.